The molecule has 1 amide bonds. The van der Waals surface area contributed by atoms with Gasteiger partial charge < -0.3 is 10.2 Å². The Morgan fingerprint density at radius 3 is 3.07 bits per heavy atom. The molecule has 0 unspecified atom stereocenters. The van der Waals surface area contributed by atoms with E-state index in [1.54, 1.807) is 0 Å². The van der Waals surface area contributed by atoms with Crippen molar-refractivity contribution in [3.63, 3.8) is 0 Å². The molecule has 0 aliphatic carbocycles. The molecule has 73 valence electrons. The van der Waals surface area contributed by atoms with E-state index in [9.17, 15) is 4.79 Å². The van der Waals surface area contributed by atoms with E-state index in [1.807, 2.05) is 18.2 Å². The molecule has 1 aromatic rings. The van der Waals surface area contributed by atoms with Crippen molar-refractivity contribution < 1.29 is 4.79 Å². The number of amides is 1. The van der Waals surface area contributed by atoms with Gasteiger partial charge in [0, 0.05) is 6.04 Å². The van der Waals surface area contributed by atoms with Crippen LogP contribution in [0.4, 0.5) is 11.4 Å². The predicted octanol–water partition coefficient (Wildman–Crippen LogP) is 1.65. The Hall–Kier alpha value is -1.51. The monoisotopic (exact) mass is 189 g/mol. The van der Waals surface area contributed by atoms with E-state index in [-0.39, 0.29) is 5.91 Å². The number of carbonyl (C=O) groups excluding carboxylic acids is 1. The zero-order chi connectivity index (χ0) is 10.1. The first kappa shape index (κ1) is 9.06. The third-order valence-electron chi connectivity index (χ3n) is 2.36. The van der Waals surface area contributed by atoms with Gasteiger partial charge in [0.25, 0.3) is 0 Å². The lowest BCUT2D eigenvalue weighted by Gasteiger charge is -2.33. The molecule has 1 N–H and O–H groups in total. The van der Waals surface area contributed by atoms with Crippen LogP contribution in [0.3, 0.4) is 0 Å². The molecular formula is C11H13N2O. The van der Waals surface area contributed by atoms with Gasteiger partial charge in [0.1, 0.15) is 0 Å². The average molecular weight is 189 g/mol. The summed E-state index contributed by atoms with van der Waals surface area (Å²) in [6.45, 7) is 4.59. The minimum absolute atomic E-state index is 0.0531. The van der Waals surface area contributed by atoms with Crippen LogP contribution in [-0.2, 0) is 4.79 Å². The van der Waals surface area contributed by atoms with E-state index >= 15 is 0 Å². The molecular weight excluding hydrogens is 176 g/mol. The van der Waals surface area contributed by atoms with Gasteiger partial charge in [-0.25, -0.2) is 0 Å². The molecule has 2 rings (SSSR count). The number of anilines is 2. The summed E-state index contributed by atoms with van der Waals surface area (Å²) in [6, 6.07) is 8.95. The molecule has 1 aliphatic heterocycles. The fourth-order valence-corrected chi connectivity index (χ4v) is 1.66. The minimum Gasteiger partial charge on any atom is -0.358 e. The lowest BCUT2D eigenvalue weighted by molar-refractivity contribution is -0.115. The Kier molecular flexibility index (Phi) is 2.15. The van der Waals surface area contributed by atoms with E-state index in [0.29, 0.717) is 12.6 Å². The second-order valence-corrected chi connectivity index (χ2v) is 3.71. The second kappa shape index (κ2) is 3.33. The summed E-state index contributed by atoms with van der Waals surface area (Å²) in [5.74, 6) is 0.0531. The summed E-state index contributed by atoms with van der Waals surface area (Å²) in [5, 5.41) is 2.84. The van der Waals surface area contributed by atoms with Crippen molar-refractivity contribution in [1.29, 1.82) is 0 Å². The predicted molar refractivity (Wildman–Crippen MR) is 56.4 cm³/mol. The Balaban J connectivity index is 2.43. The molecule has 1 heterocycles. The Morgan fingerprint density at radius 1 is 1.57 bits per heavy atom. The van der Waals surface area contributed by atoms with Gasteiger partial charge in [-0.3, -0.25) is 4.79 Å². The van der Waals surface area contributed by atoms with E-state index in [1.165, 1.54) is 0 Å². The number of benzene rings is 1. The highest BCUT2D eigenvalue weighted by Gasteiger charge is 2.22. The SMILES string of the molecule is CC(C)N1CC(=O)Nc2cc[c]cc21. The molecule has 0 aromatic heterocycles. The van der Waals surface area contributed by atoms with Crippen molar-refractivity contribution >= 4 is 17.3 Å². The van der Waals surface area contributed by atoms with Crippen molar-refractivity contribution in [3.05, 3.63) is 24.3 Å². The van der Waals surface area contributed by atoms with Crippen LogP contribution in [0.25, 0.3) is 0 Å². The first-order valence-electron chi connectivity index (χ1n) is 4.75. The lowest BCUT2D eigenvalue weighted by Crippen LogP contribution is -2.42. The topological polar surface area (TPSA) is 32.3 Å². The number of carbonyl (C=O) groups is 1. The number of nitrogens with zero attached hydrogens (tertiary/aromatic N) is 1. The van der Waals surface area contributed by atoms with E-state index in [2.05, 4.69) is 30.1 Å². The highest BCUT2D eigenvalue weighted by Crippen LogP contribution is 2.29. The first-order chi connectivity index (χ1) is 6.68. The Labute approximate surface area is 83.7 Å². The third-order valence-corrected chi connectivity index (χ3v) is 2.36. The number of hydrogen-bond acceptors (Lipinski definition) is 2. The maximum absolute atomic E-state index is 11.4. The molecule has 0 saturated carbocycles. The molecule has 0 fully saturated rings. The van der Waals surface area contributed by atoms with Crippen LogP contribution in [0.15, 0.2) is 18.2 Å². The summed E-state index contributed by atoms with van der Waals surface area (Å²) in [5.41, 5.74) is 1.94. The van der Waals surface area contributed by atoms with Crippen LogP contribution >= 0.6 is 0 Å². The maximum atomic E-state index is 11.4. The summed E-state index contributed by atoms with van der Waals surface area (Å²) in [4.78, 5) is 13.5. The van der Waals surface area contributed by atoms with Crippen LogP contribution in [0.5, 0.6) is 0 Å². The van der Waals surface area contributed by atoms with Crippen LogP contribution < -0.4 is 10.2 Å². The number of hydrogen-bond donors (Lipinski definition) is 1. The van der Waals surface area contributed by atoms with E-state index < -0.39 is 0 Å². The lowest BCUT2D eigenvalue weighted by atomic mass is 10.1. The molecule has 3 heteroatoms. The van der Waals surface area contributed by atoms with E-state index in [0.717, 1.165) is 11.4 Å². The van der Waals surface area contributed by atoms with Crippen molar-refractivity contribution in [2.45, 2.75) is 19.9 Å². The quantitative estimate of drug-likeness (QED) is 0.728. The van der Waals surface area contributed by atoms with Gasteiger partial charge in [0.05, 0.1) is 17.9 Å². The van der Waals surface area contributed by atoms with Gasteiger partial charge in [-0.1, -0.05) is 6.07 Å². The zero-order valence-electron chi connectivity index (χ0n) is 8.37. The Morgan fingerprint density at radius 2 is 2.36 bits per heavy atom. The molecule has 3 nitrogen and oxygen atoms in total. The minimum atomic E-state index is 0.0531. The van der Waals surface area contributed by atoms with Crippen LogP contribution in [0, 0.1) is 6.07 Å². The first-order valence-corrected chi connectivity index (χ1v) is 4.75. The summed E-state index contributed by atoms with van der Waals surface area (Å²) in [7, 11) is 0. The number of nitrogens with one attached hydrogen (secondary N) is 1. The number of fused-ring (bicyclic) bond motifs is 1. The average Bonchev–Trinajstić information content (AvgIpc) is 2.16. The van der Waals surface area contributed by atoms with Crippen molar-refractivity contribution in [1.82, 2.24) is 0 Å². The van der Waals surface area contributed by atoms with Crippen LogP contribution in [-0.4, -0.2) is 18.5 Å². The summed E-state index contributed by atoms with van der Waals surface area (Å²) in [6.07, 6.45) is 0. The molecule has 0 bridgehead atoms. The van der Waals surface area contributed by atoms with Gasteiger partial charge in [-0.05, 0) is 32.0 Å². The number of rotatable bonds is 1. The van der Waals surface area contributed by atoms with Crippen LogP contribution in [0.2, 0.25) is 0 Å². The molecule has 0 spiro atoms. The standard InChI is InChI=1S/C11H13N2O/c1-8(2)13-7-11(14)12-9-5-3-4-6-10(9)13/h3,5-6,8H,7H2,1-2H3,(H,12,14). The zero-order valence-corrected chi connectivity index (χ0v) is 8.37. The molecule has 0 atom stereocenters. The fraction of sp³-hybridized carbons (Fsp3) is 0.364. The third kappa shape index (κ3) is 1.45. The summed E-state index contributed by atoms with van der Waals surface area (Å²) < 4.78 is 0. The second-order valence-electron chi connectivity index (χ2n) is 3.71. The van der Waals surface area contributed by atoms with Gasteiger partial charge in [-0.2, -0.15) is 0 Å². The van der Waals surface area contributed by atoms with Crippen molar-refractivity contribution in [2.24, 2.45) is 0 Å². The van der Waals surface area contributed by atoms with Crippen LogP contribution in [0.1, 0.15) is 13.8 Å². The highest BCUT2D eigenvalue weighted by atomic mass is 16.2. The molecule has 0 saturated heterocycles. The van der Waals surface area contributed by atoms with Gasteiger partial charge in [0.15, 0.2) is 0 Å². The van der Waals surface area contributed by atoms with Gasteiger partial charge in [0.2, 0.25) is 5.91 Å². The fourth-order valence-electron chi connectivity index (χ4n) is 1.66. The molecule has 1 aromatic carbocycles. The molecule has 1 radical (unpaired) electrons. The maximum Gasteiger partial charge on any atom is 0.243 e. The normalized spacial score (nSPS) is 15.4. The van der Waals surface area contributed by atoms with Gasteiger partial charge >= 0.3 is 0 Å². The smallest absolute Gasteiger partial charge is 0.243 e. The highest BCUT2D eigenvalue weighted by molar-refractivity contribution is 6.01. The molecule has 1 aliphatic rings. The largest absolute Gasteiger partial charge is 0.358 e. The summed E-state index contributed by atoms with van der Waals surface area (Å²) >= 11 is 0. The van der Waals surface area contributed by atoms with E-state index in [4.69, 9.17) is 0 Å². The Bertz CT molecular complexity index is 360. The van der Waals surface area contributed by atoms with Crippen molar-refractivity contribution in [2.75, 3.05) is 16.8 Å². The van der Waals surface area contributed by atoms with Crippen molar-refractivity contribution in [3.8, 4) is 0 Å². The van der Waals surface area contributed by atoms with Gasteiger partial charge in [-0.15, -0.1) is 0 Å². The molecule has 14 heavy (non-hydrogen) atoms.